The molecule has 0 aromatic heterocycles. The van der Waals surface area contributed by atoms with Crippen molar-refractivity contribution in [3.05, 3.63) is 0 Å². The number of carbonyl (C=O) groups is 3. The summed E-state index contributed by atoms with van der Waals surface area (Å²) in [5.41, 5.74) is 0. The zero-order valence-electron chi connectivity index (χ0n) is 6.40. The minimum absolute atomic E-state index is 0.0973. The molecule has 0 unspecified atom stereocenters. The van der Waals surface area contributed by atoms with E-state index in [1.807, 2.05) is 0 Å². The van der Waals surface area contributed by atoms with Crippen LogP contribution in [0.3, 0.4) is 0 Å². The molecular weight excluding hydrogens is 166 g/mol. The molecule has 0 N–H and O–H groups in total. The molecule has 0 aromatic carbocycles. The summed E-state index contributed by atoms with van der Waals surface area (Å²) < 4.78 is 0. The van der Waals surface area contributed by atoms with Gasteiger partial charge >= 0.3 is 5.97 Å². The maximum Gasteiger partial charge on any atom is 0.342 e. The Morgan fingerprint density at radius 3 is 2.25 bits per heavy atom. The lowest BCUT2D eigenvalue weighted by Gasteiger charge is -2.08. The molecule has 6 heteroatoms. The van der Waals surface area contributed by atoms with Gasteiger partial charge in [-0.3, -0.25) is 14.5 Å². The first kappa shape index (κ1) is 8.66. The average molecular weight is 173 g/mol. The fourth-order valence-corrected chi connectivity index (χ4v) is 0.729. The van der Waals surface area contributed by atoms with E-state index in [0.29, 0.717) is 5.06 Å². The van der Waals surface area contributed by atoms with Gasteiger partial charge in [0.15, 0.2) is 0 Å². The number of hydroxylamine groups is 2. The Bertz CT molecular complexity index is 220. The molecule has 1 rings (SSSR count). The van der Waals surface area contributed by atoms with Crippen LogP contribution in [0, 0.1) is 0 Å². The van der Waals surface area contributed by atoms with Gasteiger partial charge in [-0.1, -0.05) is 0 Å². The van der Waals surface area contributed by atoms with E-state index in [2.05, 4.69) is 9.88 Å². The predicted molar refractivity (Wildman–Crippen MR) is 33.9 cm³/mol. The van der Waals surface area contributed by atoms with Gasteiger partial charge in [0, 0.05) is 19.8 Å². The molecule has 1 aliphatic heterocycles. The molecule has 0 aromatic rings. The number of carbonyl (C=O) groups excluding carboxylic acids is 3. The molecule has 2 amide bonds. The third kappa shape index (κ3) is 1.79. The normalized spacial score (nSPS) is 16.9. The maximum atomic E-state index is 10.8. The van der Waals surface area contributed by atoms with E-state index in [9.17, 15) is 14.4 Å². The summed E-state index contributed by atoms with van der Waals surface area (Å²) in [5, 5.41) is 0.446. The lowest BCUT2D eigenvalue weighted by molar-refractivity contribution is -0.364. The highest BCUT2D eigenvalue weighted by molar-refractivity contribution is 6.00. The smallest absolute Gasteiger partial charge is 0.275 e. The quantitative estimate of drug-likeness (QED) is 0.321. The summed E-state index contributed by atoms with van der Waals surface area (Å²) in [5.74, 6) is -1.72. The van der Waals surface area contributed by atoms with Gasteiger partial charge in [-0.25, -0.2) is 4.79 Å². The molecule has 0 spiro atoms. The number of imide groups is 1. The molecule has 0 atom stereocenters. The van der Waals surface area contributed by atoms with Crippen molar-refractivity contribution in [1.29, 1.82) is 0 Å². The molecule has 0 saturated carbocycles. The van der Waals surface area contributed by atoms with E-state index < -0.39 is 17.8 Å². The molecule has 6 nitrogen and oxygen atoms in total. The van der Waals surface area contributed by atoms with Crippen LogP contribution in [-0.4, -0.2) is 22.8 Å². The Hall–Kier alpha value is -1.43. The largest absolute Gasteiger partial charge is 0.342 e. The van der Waals surface area contributed by atoms with E-state index in [0.717, 1.165) is 6.92 Å². The van der Waals surface area contributed by atoms with Crippen molar-refractivity contribution >= 4 is 17.8 Å². The van der Waals surface area contributed by atoms with Crippen LogP contribution in [0.4, 0.5) is 0 Å². The molecule has 0 radical (unpaired) electrons. The van der Waals surface area contributed by atoms with Gasteiger partial charge in [0.2, 0.25) is 0 Å². The van der Waals surface area contributed by atoms with Crippen molar-refractivity contribution in [3.8, 4) is 0 Å². The predicted octanol–water partition coefficient (Wildman–Crippen LogP) is -0.455. The number of rotatable bonds is 2. The van der Waals surface area contributed by atoms with Gasteiger partial charge in [-0.15, -0.1) is 5.06 Å². The molecule has 0 bridgehead atoms. The van der Waals surface area contributed by atoms with E-state index in [4.69, 9.17) is 0 Å². The third-order valence-corrected chi connectivity index (χ3v) is 1.23. The van der Waals surface area contributed by atoms with Crippen LogP contribution in [0.5, 0.6) is 0 Å². The average Bonchev–Trinajstić information content (AvgIpc) is 2.28. The van der Waals surface area contributed by atoms with Crippen LogP contribution in [0.25, 0.3) is 0 Å². The minimum Gasteiger partial charge on any atom is -0.275 e. The third-order valence-electron chi connectivity index (χ3n) is 1.23. The van der Waals surface area contributed by atoms with Crippen molar-refractivity contribution in [1.82, 2.24) is 5.06 Å². The van der Waals surface area contributed by atoms with Crippen LogP contribution >= 0.6 is 0 Å². The Morgan fingerprint density at radius 1 is 1.33 bits per heavy atom. The van der Waals surface area contributed by atoms with Crippen LogP contribution in [-0.2, 0) is 24.3 Å². The molecule has 0 aliphatic carbocycles. The summed E-state index contributed by atoms with van der Waals surface area (Å²) in [7, 11) is 0. The van der Waals surface area contributed by atoms with Gasteiger partial charge < -0.3 is 0 Å². The SMILES string of the molecule is CC(=O)OON1C(=O)CCC1=O. The second-order valence-corrected chi connectivity index (χ2v) is 2.23. The Morgan fingerprint density at radius 2 is 1.83 bits per heavy atom. The Labute approximate surface area is 67.9 Å². The van der Waals surface area contributed by atoms with Crippen LogP contribution in [0.1, 0.15) is 19.8 Å². The number of hydrogen-bond acceptors (Lipinski definition) is 5. The first-order chi connectivity index (χ1) is 5.61. The first-order valence-electron chi connectivity index (χ1n) is 3.32. The highest BCUT2D eigenvalue weighted by Crippen LogP contribution is 2.11. The number of hydrogen-bond donors (Lipinski definition) is 0. The topological polar surface area (TPSA) is 72.9 Å². The van der Waals surface area contributed by atoms with Gasteiger partial charge in [-0.05, 0) is 4.99 Å². The number of nitrogens with zero attached hydrogens (tertiary/aromatic N) is 1. The van der Waals surface area contributed by atoms with Crippen molar-refractivity contribution in [2.45, 2.75) is 19.8 Å². The summed E-state index contributed by atoms with van der Waals surface area (Å²) in [6.07, 6.45) is 0.195. The fourth-order valence-electron chi connectivity index (χ4n) is 0.729. The zero-order valence-corrected chi connectivity index (χ0v) is 6.40. The fraction of sp³-hybridized carbons (Fsp3) is 0.500. The molecule has 1 aliphatic rings. The molecule has 66 valence electrons. The van der Waals surface area contributed by atoms with Crippen LogP contribution in [0.15, 0.2) is 0 Å². The van der Waals surface area contributed by atoms with Crippen molar-refractivity contribution < 1.29 is 24.3 Å². The number of amides is 2. The molecule has 1 fully saturated rings. The van der Waals surface area contributed by atoms with E-state index in [-0.39, 0.29) is 12.8 Å². The van der Waals surface area contributed by atoms with Crippen molar-refractivity contribution in [3.63, 3.8) is 0 Å². The van der Waals surface area contributed by atoms with Crippen LogP contribution < -0.4 is 0 Å². The lowest BCUT2D eigenvalue weighted by atomic mass is 10.4. The van der Waals surface area contributed by atoms with Gasteiger partial charge in [0.1, 0.15) is 0 Å². The van der Waals surface area contributed by atoms with Crippen molar-refractivity contribution in [2.75, 3.05) is 0 Å². The zero-order chi connectivity index (χ0) is 9.14. The highest BCUT2D eigenvalue weighted by Gasteiger charge is 2.31. The second kappa shape index (κ2) is 3.31. The Balaban J connectivity index is 2.45. The van der Waals surface area contributed by atoms with E-state index in [1.165, 1.54) is 0 Å². The summed E-state index contributed by atoms with van der Waals surface area (Å²) >= 11 is 0. The summed E-state index contributed by atoms with van der Waals surface area (Å²) in [6.45, 7) is 1.10. The van der Waals surface area contributed by atoms with E-state index >= 15 is 0 Å². The lowest BCUT2D eigenvalue weighted by Crippen LogP contribution is -2.30. The summed E-state index contributed by atoms with van der Waals surface area (Å²) in [4.78, 5) is 40.0. The van der Waals surface area contributed by atoms with Crippen LogP contribution in [0.2, 0.25) is 0 Å². The summed E-state index contributed by atoms with van der Waals surface area (Å²) in [6, 6.07) is 0. The first-order valence-corrected chi connectivity index (χ1v) is 3.32. The minimum atomic E-state index is -0.720. The molecule has 12 heavy (non-hydrogen) atoms. The van der Waals surface area contributed by atoms with Gasteiger partial charge in [0.25, 0.3) is 11.8 Å². The molecular formula is C6H7NO5. The second-order valence-electron chi connectivity index (χ2n) is 2.23. The highest BCUT2D eigenvalue weighted by atomic mass is 17.3. The molecule has 1 heterocycles. The van der Waals surface area contributed by atoms with Gasteiger partial charge in [0.05, 0.1) is 0 Å². The monoisotopic (exact) mass is 173 g/mol. The standard InChI is InChI=1S/C6H7NO5/c1-4(8)11-12-7-5(9)2-3-6(7)10/h2-3H2,1H3. The van der Waals surface area contributed by atoms with Gasteiger partial charge in [-0.2, -0.15) is 0 Å². The maximum absolute atomic E-state index is 10.8. The van der Waals surface area contributed by atoms with Crippen molar-refractivity contribution in [2.24, 2.45) is 0 Å². The Kier molecular flexibility index (Phi) is 2.39. The van der Waals surface area contributed by atoms with E-state index in [1.54, 1.807) is 0 Å². The molecule has 1 saturated heterocycles.